The molecule has 1 heterocycles. The number of halogens is 1. The van der Waals surface area contributed by atoms with Crippen molar-refractivity contribution in [2.75, 3.05) is 18.5 Å². The average Bonchev–Trinajstić information content (AvgIpc) is 3.20. The van der Waals surface area contributed by atoms with Crippen molar-refractivity contribution in [3.8, 4) is 0 Å². The van der Waals surface area contributed by atoms with Crippen LogP contribution in [0.1, 0.15) is 18.4 Å². The number of rotatable bonds is 7. The van der Waals surface area contributed by atoms with E-state index in [0.717, 1.165) is 24.1 Å². The van der Waals surface area contributed by atoms with Crippen molar-refractivity contribution in [3.63, 3.8) is 0 Å². The third-order valence-corrected chi connectivity index (χ3v) is 5.68. The third kappa shape index (κ3) is 6.73. The lowest BCUT2D eigenvalue weighted by Crippen LogP contribution is -2.31. The molecule has 9 heteroatoms. The molecule has 1 saturated heterocycles. The third-order valence-electron chi connectivity index (χ3n) is 4.24. The zero-order valence-corrected chi connectivity index (χ0v) is 18.5. The number of sulfonamides is 1. The Hall–Kier alpha value is -1.69. The van der Waals surface area contributed by atoms with Gasteiger partial charge in [0.05, 0.1) is 17.5 Å². The summed E-state index contributed by atoms with van der Waals surface area (Å²) in [4.78, 5) is 4.50. The summed E-state index contributed by atoms with van der Waals surface area (Å²) in [5, 5.41) is 3.00. The number of benzene rings is 2. The smallest absolute Gasteiger partial charge is 0.240 e. The SMILES string of the molecule is I.NC(=NCc1ccc(S(=O)(=O)NCC2CCCO2)cc1)Nc1ccccc1. The Labute approximate surface area is 182 Å². The molecule has 152 valence electrons. The van der Waals surface area contributed by atoms with Gasteiger partial charge in [0, 0.05) is 18.8 Å². The van der Waals surface area contributed by atoms with Crippen molar-refractivity contribution in [1.82, 2.24) is 4.72 Å². The zero-order valence-electron chi connectivity index (χ0n) is 15.4. The predicted molar refractivity (Wildman–Crippen MR) is 121 cm³/mol. The molecule has 0 aliphatic carbocycles. The van der Waals surface area contributed by atoms with E-state index in [1.54, 1.807) is 24.3 Å². The summed E-state index contributed by atoms with van der Waals surface area (Å²) in [6.07, 6.45) is 1.83. The highest BCUT2D eigenvalue weighted by Crippen LogP contribution is 2.14. The van der Waals surface area contributed by atoms with Crippen molar-refractivity contribution in [2.45, 2.75) is 30.4 Å². The molecule has 1 atom stereocenters. The van der Waals surface area contributed by atoms with Crippen LogP contribution in [-0.2, 0) is 21.3 Å². The molecule has 0 aromatic heterocycles. The van der Waals surface area contributed by atoms with Gasteiger partial charge in [-0.15, -0.1) is 24.0 Å². The predicted octanol–water partition coefficient (Wildman–Crippen LogP) is 2.69. The topological polar surface area (TPSA) is 106 Å². The number of nitrogens with one attached hydrogen (secondary N) is 2. The molecule has 3 rings (SSSR count). The van der Waals surface area contributed by atoms with Gasteiger partial charge in [-0.25, -0.2) is 18.1 Å². The molecule has 0 amide bonds. The van der Waals surface area contributed by atoms with Crippen molar-refractivity contribution in [2.24, 2.45) is 10.7 Å². The second kappa shape index (κ2) is 10.7. The maximum Gasteiger partial charge on any atom is 0.240 e. The summed E-state index contributed by atoms with van der Waals surface area (Å²) < 4.78 is 32.7. The van der Waals surface area contributed by atoms with Crippen LogP contribution in [0.2, 0.25) is 0 Å². The van der Waals surface area contributed by atoms with Gasteiger partial charge in [0.25, 0.3) is 0 Å². The second-order valence-electron chi connectivity index (χ2n) is 6.32. The fraction of sp³-hybridized carbons (Fsp3) is 0.316. The largest absolute Gasteiger partial charge is 0.377 e. The van der Waals surface area contributed by atoms with Crippen LogP contribution in [0.4, 0.5) is 5.69 Å². The van der Waals surface area contributed by atoms with E-state index in [-0.39, 0.29) is 35.0 Å². The van der Waals surface area contributed by atoms with E-state index in [2.05, 4.69) is 15.0 Å². The van der Waals surface area contributed by atoms with Gasteiger partial charge in [-0.2, -0.15) is 0 Å². The quantitative estimate of drug-likeness (QED) is 0.298. The average molecular weight is 516 g/mol. The number of anilines is 1. The molecule has 0 bridgehead atoms. The molecule has 2 aromatic rings. The Kier molecular flexibility index (Phi) is 8.67. The van der Waals surface area contributed by atoms with Crippen LogP contribution in [0.15, 0.2) is 64.5 Å². The van der Waals surface area contributed by atoms with Crippen molar-refractivity contribution in [3.05, 3.63) is 60.2 Å². The summed E-state index contributed by atoms with van der Waals surface area (Å²) in [6.45, 7) is 1.36. The molecular formula is C19H25IN4O3S. The van der Waals surface area contributed by atoms with Gasteiger partial charge in [0.15, 0.2) is 5.96 Å². The first-order valence-corrected chi connectivity index (χ1v) is 10.3. The van der Waals surface area contributed by atoms with Gasteiger partial charge in [-0.1, -0.05) is 30.3 Å². The minimum Gasteiger partial charge on any atom is -0.377 e. The lowest BCUT2D eigenvalue weighted by Gasteiger charge is -2.11. The highest BCUT2D eigenvalue weighted by Gasteiger charge is 2.20. The Bertz CT molecular complexity index is 868. The first-order valence-electron chi connectivity index (χ1n) is 8.85. The number of nitrogens with zero attached hydrogens (tertiary/aromatic N) is 1. The van der Waals surface area contributed by atoms with Crippen molar-refractivity contribution in [1.29, 1.82) is 0 Å². The minimum atomic E-state index is -3.54. The van der Waals surface area contributed by atoms with Crippen LogP contribution < -0.4 is 15.8 Å². The van der Waals surface area contributed by atoms with Crippen LogP contribution >= 0.6 is 24.0 Å². The Morgan fingerprint density at radius 1 is 1.14 bits per heavy atom. The molecule has 1 unspecified atom stereocenters. The van der Waals surface area contributed by atoms with Gasteiger partial charge in [-0.3, -0.25) is 0 Å². The van der Waals surface area contributed by atoms with Crippen LogP contribution in [0.3, 0.4) is 0 Å². The number of hydrogen-bond donors (Lipinski definition) is 3. The normalized spacial score (nSPS) is 17.1. The van der Waals surface area contributed by atoms with Crippen molar-refractivity contribution >= 4 is 45.6 Å². The van der Waals surface area contributed by atoms with Crippen LogP contribution in [0.25, 0.3) is 0 Å². The molecule has 28 heavy (non-hydrogen) atoms. The Morgan fingerprint density at radius 2 is 1.86 bits per heavy atom. The molecule has 1 aliphatic heterocycles. The molecule has 0 radical (unpaired) electrons. The Morgan fingerprint density at radius 3 is 2.50 bits per heavy atom. The summed E-state index contributed by atoms with van der Waals surface area (Å²) in [6, 6.07) is 16.1. The molecular weight excluding hydrogens is 491 g/mol. The van der Waals surface area contributed by atoms with E-state index >= 15 is 0 Å². The number of nitrogens with two attached hydrogens (primary N) is 1. The second-order valence-corrected chi connectivity index (χ2v) is 8.09. The number of aliphatic imine (C=N–C) groups is 1. The lowest BCUT2D eigenvalue weighted by atomic mass is 10.2. The molecule has 1 fully saturated rings. The molecule has 0 spiro atoms. The highest BCUT2D eigenvalue weighted by molar-refractivity contribution is 14.0. The number of hydrogen-bond acceptors (Lipinski definition) is 4. The van der Waals surface area contributed by atoms with E-state index < -0.39 is 10.0 Å². The van der Waals surface area contributed by atoms with Gasteiger partial charge < -0.3 is 15.8 Å². The number of para-hydroxylation sites is 1. The maximum atomic E-state index is 12.3. The maximum absolute atomic E-state index is 12.3. The Balaban J connectivity index is 0.00000280. The van der Waals surface area contributed by atoms with Crippen LogP contribution in [-0.4, -0.2) is 33.6 Å². The van der Waals surface area contributed by atoms with E-state index in [1.807, 2.05) is 30.3 Å². The lowest BCUT2D eigenvalue weighted by molar-refractivity contribution is 0.114. The zero-order chi connectivity index (χ0) is 19.1. The van der Waals surface area contributed by atoms with Crippen LogP contribution in [0.5, 0.6) is 0 Å². The standard InChI is InChI=1S/C19H24N4O3S.HI/c20-19(23-16-5-2-1-3-6-16)21-13-15-8-10-18(11-9-15)27(24,25)22-14-17-7-4-12-26-17;/h1-3,5-6,8-11,17,22H,4,7,12-14H2,(H3,20,21,23);1H. The van der Waals surface area contributed by atoms with Crippen LogP contribution in [0, 0.1) is 0 Å². The van der Waals surface area contributed by atoms with Gasteiger partial charge in [0.2, 0.25) is 10.0 Å². The fourth-order valence-electron chi connectivity index (χ4n) is 2.75. The number of guanidine groups is 1. The summed E-state index contributed by atoms with van der Waals surface area (Å²) in [5.74, 6) is 0.302. The number of ether oxygens (including phenoxy) is 1. The highest BCUT2D eigenvalue weighted by atomic mass is 127. The first-order chi connectivity index (χ1) is 13.0. The molecule has 2 aromatic carbocycles. The molecule has 7 nitrogen and oxygen atoms in total. The summed E-state index contributed by atoms with van der Waals surface area (Å²) in [5.41, 5.74) is 7.60. The summed E-state index contributed by atoms with van der Waals surface area (Å²) in [7, 11) is -3.54. The van der Waals surface area contributed by atoms with Gasteiger partial charge >= 0.3 is 0 Å². The van der Waals surface area contributed by atoms with Gasteiger partial charge in [-0.05, 0) is 42.7 Å². The van der Waals surface area contributed by atoms with E-state index in [0.29, 0.717) is 25.7 Å². The molecule has 4 N–H and O–H groups in total. The first kappa shape index (κ1) is 22.6. The minimum absolute atomic E-state index is 0. The van der Waals surface area contributed by atoms with Gasteiger partial charge in [0.1, 0.15) is 0 Å². The van der Waals surface area contributed by atoms with E-state index in [4.69, 9.17) is 10.5 Å². The van der Waals surface area contributed by atoms with Crippen molar-refractivity contribution < 1.29 is 13.2 Å². The fourth-order valence-corrected chi connectivity index (χ4v) is 3.82. The van der Waals surface area contributed by atoms with E-state index in [1.165, 1.54) is 0 Å². The molecule has 1 aliphatic rings. The monoisotopic (exact) mass is 516 g/mol. The van der Waals surface area contributed by atoms with E-state index in [9.17, 15) is 8.42 Å². The summed E-state index contributed by atoms with van der Waals surface area (Å²) >= 11 is 0. The molecule has 0 saturated carbocycles.